The zero-order valence-electron chi connectivity index (χ0n) is 16.1. The minimum atomic E-state index is -1.01. The Hall–Kier alpha value is -2.63. The molecule has 0 aliphatic carbocycles. The summed E-state index contributed by atoms with van der Waals surface area (Å²) < 4.78 is 22.7. The molecule has 5 nitrogen and oxygen atoms in total. The van der Waals surface area contributed by atoms with Gasteiger partial charge in [0, 0.05) is 36.5 Å². The van der Waals surface area contributed by atoms with Crippen LogP contribution in [0.15, 0.2) is 48.6 Å². The van der Waals surface area contributed by atoms with Gasteiger partial charge in [0.1, 0.15) is 11.5 Å². The third-order valence-corrected chi connectivity index (χ3v) is 4.64. The van der Waals surface area contributed by atoms with Gasteiger partial charge in [-0.15, -0.1) is 0 Å². The molecule has 0 radical (unpaired) electrons. The van der Waals surface area contributed by atoms with Gasteiger partial charge < -0.3 is 18.9 Å². The Morgan fingerprint density at radius 1 is 1.11 bits per heavy atom. The van der Waals surface area contributed by atoms with Crippen molar-refractivity contribution in [2.45, 2.75) is 32.7 Å². The van der Waals surface area contributed by atoms with Crippen molar-refractivity contribution in [2.75, 3.05) is 14.2 Å². The number of carbonyl (C=O) groups is 1. The Kier molecular flexibility index (Phi) is 5.35. The molecular formula is C22H24O5. The molecule has 0 saturated heterocycles. The van der Waals surface area contributed by atoms with E-state index in [2.05, 4.69) is 6.58 Å². The first-order valence-corrected chi connectivity index (χ1v) is 8.71. The number of hydrogen-bond acceptors (Lipinski definition) is 5. The molecule has 1 unspecified atom stereocenters. The lowest BCUT2D eigenvalue weighted by atomic mass is 9.83. The summed E-state index contributed by atoms with van der Waals surface area (Å²) in [6.45, 7) is 8.07. The number of benzene rings is 2. The molecule has 0 saturated carbocycles. The van der Waals surface area contributed by atoms with Crippen molar-refractivity contribution in [1.29, 1.82) is 0 Å². The summed E-state index contributed by atoms with van der Waals surface area (Å²) in [7, 11) is 3.28. The van der Waals surface area contributed by atoms with Crippen molar-refractivity contribution in [2.24, 2.45) is 0 Å². The molecule has 2 aromatic rings. The summed E-state index contributed by atoms with van der Waals surface area (Å²) in [6, 6.07) is 11.5. The summed E-state index contributed by atoms with van der Waals surface area (Å²) in [6.07, 6.45) is 0. The summed E-state index contributed by atoms with van der Waals surface area (Å²) in [4.78, 5) is 12.4. The predicted octanol–water partition coefficient (Wildman–Crippen LogP) is 4.47. The number of methoxy groups -OCH3 is 2. The highest BCUT2D eigenvalue weighted by molar-refractivity contribution is 5.88. The van der Waals surface area contributed by atoms with E-state index in [9.17, 15) is 4.79 Å². The lowest BCUT2D eigenvalue weighted by molar-refractivity contribution is -0.150. The average Bonchev–Trinajstić information content (AvgIpc) is 2.63. The zero-order valence-corrected chi connectivity index (χ0v) is 16.1. The van der Waals surface area contributed by atoms with Gasteiger partial charge in [-0.25, -0.2) is 4.79 Å². The third-order valence-electron chi connectivity index (χ3n) is 4.64. The number of para-hydroxylation sites is 1. The van der Waals surface area contributed by atoms with Gasteiger partial charge in [0.2, 0.25) is 0 Å². The number of esters is 1. The Morgan fingerprint density at radius 2 is 1.85 bits per heavy atom. The molecule has 27 heavy (non-hydrogen) atoms. The minimum Gasteiger partial charge on any atom is -0.456 e. The predicted molar refractivity (Wildman–Crippen MR) is 102 cm³/mol. The fraction of sp³-hybridized carbons (Fsp3) is 0.318. The highest BCUT2D eigenvalue weighted by Crippen LogP contribution is 2.50. The topological polar surface area (TPSA) is 54.0 Å². The molecule has 0 bridgehead atoms. The Labute approximate surface area is 159 Å². The minimum absolute atomic E-state index is 0.342. The second kappa shape index (κ2) is 7.55. The van der Waals surface area contributed by atoms with Gasteiger partial charge in [0.05, 0.1) is 13.2 Å². The van der Waals surface area contributed by atoms with Crippen molar-refractivity contribution in [3.63, 3.8) is 0 Å². The van der Waals surface area contributed by atoms with Crippen molar-refractivity contribution < 1.29 is 23.7 Å². The van der Waals surface area contributed by atoms with Crippen LogP contribution in [0.3, 0.4) is 0 Å². The summed E-state index contributed by atoms with van der Waals surface area (Å²) in [5.74, 6) is 0.838. The van der Waals surface area contributed by atoms with E-state index >= 15 is 0 Å². The first-order valence-electron chi connectivity index (χ1n) is 8.71. The molecular weight excluding hydrogens is 344 g/mol. The molecule has 0 spiro atoms. The van der Waals surface area contributed by atoms with Gasteiger partial charge in [0.25, 0.3) is 0 Å². The lowest BCUT2D eigenvalue weighted by Crippen LogP contribution is -2.34. The number of rotatable bonds is 6. The second-order valence-corrected chi connectivity index (χ2v) is 6.80. The molecule has 0 N–H and O–H groups in total. The first kappa shape index (κ1) is 19.1. The van der Waals surface area contributed by atoms with E-state index in [1.165, 1.54) is 0 Å². The number of hydrogen-bond donors (Lipinski definition) is 0. The van der Waals surface area contributed by atoms with Crippen LogP contribution < -0.4 is 4.74 Å². The second-order valence-electron chi connectivity index (χ2n) is 6.80. The van der Waals surface area contributed by atoms with Crippen molar-refractivity contribution in [1.82, 2.24) is 0 Å². The van der Waals surface area contributed by atoms with E-state index in [1.807, 2.05) is 43.3 Å². The molecule has 0 amide bonds. The fourth-order valence-corrected chi connectivity index (χ4v) is 3.29. The van der Waals surface area contributed by atoms with Crippen molar-refractivity contribution in [3.8, 4) is 11.5 Å². The molecule has 3 rings (SSSR count). The highest BCUT2D eigenvalue weighted by Gasteiger charge is 2.42. The van der Waals surface area contributed by atoms with Crippen LogP contribution >= 0.6 is 0 Å². The first-order chi connectivity index (χ1) is 12.9. The maximum Gasteiger partial charge on any atom is 0.334 e. The molecule has 1 atom stereocenters. The summed E-state index contributed by atoms with van der Waals surface area (Å²) in [5.41, 5.74) is 2.74. The van der Waals surface area contributed by atoms with Gasteiger partial charge in [-0.3, -0.25) is 0 Å². The van der Waals surface area contributed by atoms with Gasteiger partial charge in [0.15, 0.2) is 5.60 Å². The monoisotopic (exact) mass is 368 g/mol. The van der Waals surface area contributed by atoms with Gasteiger partial charge >= 0.3 is 5.97 Å². The number of ether oxygens (including phenoxy) is 4. The van der Waals surface area contributed by atoms with E-state index in [0.29, 0.717) is 30.3 Å². The van der Waals surface area contributed by atoms with Crippen LogP contribution in [0.2, 0.25) is 0 Å². The van der Waals surface area contributed by atoms with Crippen LogP contribution in [0, 0.1) is 0 Å². The molecule has 1 aliphatic heterocycles. The van der Waals surface area contributed by atoms with Crippen molar-refractivity contribution >= 4 is 5.97 Å². The molecule has 1 heterocycles. The number of fused-ring (bicyclic) bond motifs is 2. The van der Waals surface area contributed by atoms with Gasteiger partial charge in [-0.1, -0.05) is 36.9 Å². The molecule has 142 valence electrons. The van der Waals surface area contributed by atoms with E-state index < -0.39 is 11.6 Å². The third kappa shape index (κ3) is 3.48. The molecule has 0 fully saturated rings. The highest BCUT2D eigenvalue weighted by atomic mass is 16.6. The maximum absolute atomic E-state index is 12.4. The Bertz CT molecular complexity index is 886. The quantitative estimate of drug-likeness (QED) is 0.556. The van der Waals surface area contributed by atoms with Crippen LogP contribution in [0.1, 0.15) is 36.1 Å². The van der Waals surface area contributed by atoms with Crippen LogP contribution in [0.25, 0.3) is 0 Å². The summed E-state index contributed by atoms with van der Waals surface area (Å²) in [5, 5.41) is 0. The van der Waals surface area contributed by atoms with Gasteiger partial charge in [-0.05, 0) is 25.5 Å². The Balaban J connectivity index is 2.19. The SMILES string of the molecule is C=C(C)C(=O)OC1(C)c2ccc(COC)cc2Oc2c(COC)cccc21. The van der Waals surface area contributed by atoms with Crippen molar-refractivity contribution in [3.05, 3.63) is 70.8 Å². The van der Waals surface area contributed by atoms with Crippen LogP contribution in [0.4, 0.5) is 0 Å². The molecule has 1 aliphatic rings. The Morgan fingerprint density at radius 3 is 2.52 bits per heavy atom. The number of carbonyl (C=O) groups excluding carboxylic acids is 1. The molecule has 2 aromatic carbocycles. The fourth-order valence-electron chi connectivity index (χ4n) is 3.29. The van der Waals surface area contributed by atoms with E-state index in [0.717, 1.165) is 22.3 Å². The van der Waals surface area contributed by atoms with Crippen LogP contribution in [0.5, 0.6) is 11.5 Å². The lowest BCUT2D eigenvalue weighted by Gasteiger charge is -2.37. The smallest absolute Gasteiger partial charge is 0.334 e. The van der Waals surface area contributed by atoms with E-state index in [4.69, 9.17) is 18.9 Å². The molecule has 5 heteroatoms. The van der Waals surface area contributed by atoms with Gasteiger partial charge in [-0.2, -0.15) is 0 Å². The maximum atomic E-state index is 12.4. The van der Waals surface area contributed by atoms with Crippen LogP contribution in [-0.4, -0.2) is 20.2 Å². The molecule has 0 aromatic heterocycles. The normalized spacial score (nSPS) is 17.5. The zero-order chi connectivity index (χ0) is 19.6. The largest absolute Gasteiger partial charge is 0.456 e. The van der Waals surface area contributed by atoms with Crippen LogP contribution in [-0.2, 0) is 37.8 Å². The standard InChI is InChI=1S/C22H24O5/c1-14(2)21(23)27-22(3)17-10-9-15(12-24-4)11-19(17)26-20-16(13-25-5)7-6-8-18(20)22/h6-11H,1,12-13H2,2-5H3. The van der Waals surface area contributed by atoms with E-state index in [1.54, 1.807) is 21.1 Å². The van der Waals surface area contributed by atoms with E-state index in [-0.39, 0.29) is 0 Å². The summed E-state index contributed by atoms with van der Waals surface area (Å²) >= 11 is 0. The average molecular weight is 368 g/mol.